The number of aromatic amines is 1. The summed E-state index contributed by atoms with van der Waals surface area (Å²) >= 11 is 0. The lowest BCUT2D eigenvalue weighted by Crippen LogP contribution is -2.44. The van der Waals surface area contributed by atoms with Gasteiger partial charge < -0.3 is 10.3 Å². The van der Waals surface area contributed by atoms with Gasteiger partial charge in [-0.15, -0.1) is 0 Å². The van der Waals surface area contributed by atoms with E-state index in [0.29, 0.717) is 16.8 Å². The van der Waals surface area contributed by atoms with Gasteiger partial charge in [-0.3, -0.25) is 9.98 Å². The van der Waals surface area contributed by atoms with Gasteiger partial charge in [-0.1, -0.05) is 72.8 Å². The molecule has 0 amide bonds. The molecule has 0 saturated heterocycles. The van der Waals surface area contributed by atoms with Gasteiger partial charge in [0.1, 0.15) is 0 Å². The molecule has 9 rings (SSSR count). The number of benzene rings is 4. The number of hydrogen-bond acceptors (Lipinski definition) is 3. The molecule has 4 aliphatic heterocycles. The van der Waals surface area contributed by atoms with Gasteiger partial charge in [0.05, 0.1) is 51.2 Å². The molecule has 0 fully saturated rings. The minimum atomic E-state index is -2.34. The van der Waals surface area contributed by atoms with Gasteiger partial charge in [0.15, 0.2) is 46.5 Å². The Bertz CT molecular complexity index is 2830. The van der Waals surface area contributed by atoms with E-state index >= 15 is 35.1 Å². The second-order valence-electron chi connectivity index (χ2n) is 15.0. The monoisotopic (exact) mass is 826 g/mol. The first-order valence-electron chi connectivity index (χ1n) is 18.5. The second-order valence-corrected chi connectivity index (χ2v) is 15.0. The van der Waals surface area contributed by atoms with Crippen LogP contribution in [0.5, 0.6) is 0 Å². The maximum atomic E-state index is 15.9. The zero-order valence-electron chi connectivity index (χ0n) is 31.2. The van der Waals surface area contributed by atoms with Gasteiger partial charge in [0.2, 0.25) is 11.6 Å². The van der Waals surface area contributed by atoms with E-state index in [0.717, 1.165) is 0 Å². The first-order chi connectivity index (χ1) is 28.7. The van der Waals surface area contributed by atoms with Crippen molar-refractivity contribution in [2.45, 2.75) is 36.8 Å². The molecule has 302 valence electrons. The summed E-state index contributed by atoms with van der Waals surface area (Å²) in [7, 11) is 0. The summed E-state index contributed by atoms with van der Waals surface area (Å²) in [5.41, 5.74) is -4.77. The van der Waals surface area contributed by atoms with E-state index in [1.54, 1.807) is 92.7 Å². The zero-order chi connectivity index (χ0) is 42.4. The molecule has 2 N–H and O–H groups in total. The number of H-pyrrole nitrogens is 1. The lowest BCUT2D eigenvalue weighted by molar-refractivity contribution is 0.376. The first-order valence-corrected chi connectivity index (χ1v) is 18.5. The molecule has 4 nitrogen and oxygen atoms in total. The third-order valence-corrected chi connectivity index (χ3v) is 11.8. The van der Waals surface area contributed by atoms with Crippen LogP contribution in [0.4, 0.5) is 43.9 Å². The smallest absolute Gasteiger partial charge is 0.200 e. The van der Waals surface area contributed by atoms with Crippen molar-refractivity contribution >= 4 is 22.6 Å². The van der Waals surface area contributed by atoms with Crippen LogP contribution in [0.3, 0.4) is 0 Å². The van der Waals surface area contributed by atoms with Crippen LogP contribution in [0.25, 0.3) is 11.1 Å². The molecule has 0 saturated carbocycles. The summed E-state index contributed by atoms with van der Waals surface area (Å²) in [5, 5.41) is 3.22. The average Bonchev–Trinajstić information content (AvgIpc) is 4.12. The Balaban J connectivity index is 1.39. The van der Waals surface area contributed by atoms with Crippen molar-refractivity contribution in [3.63, 3.8) is 0 Å². The van der Waals surface area contributed by atoms with Crippen LogP contribution in [0.2, 0.25) is 0 Å². The van der Waals surface area contributed by atoms with Crippen LogP contribution in [-0.4, -0.2) is 28.5 Å². The van der Waals surface area contributed by atoms with Crippen molar-refractivity contribution in [1.82, 2.24) is 10.3 Å². The molecule has 4 aromatic carbocycles. The third kappa shape index (κ3) is 5.52. The number of rotatable bonds is 4. The molecule has 14 heteroatoms. The molecule has 2 unspecified atom stereocenters. The Morgan fingerprint density at radius 2 is 1.03 bits per heavy atom. The van der Waals surface area contributed by atoms with Crippen LogP contribution < -0.4 is 5.32 Å². The Morgan fingerprint density at radius 3 is 1.60 bits per heavy atom. The highest BCUT2D eigenvalue weighted by Crippen LogP contribution is 2.45. The number of hydrogen-bond donors (Lipinski definition) is 2. The first kappa shape index (κ1) is 38.8. The highest BCUT2D eigenvalue weighted by molar-refractivity contribution is 6.31. The van der Waals surface area contributed by atoms with E-state index in [1.807, 2.05) is 0 Å². The summed E-state index contributed by atoms with van der Waals surface area (Å²) in [6.45, 7) is 3.44. The Hall–Kier alpha value is -6.70. The second kappa shape index (κ2) is 14.0. The lowest BCUT2D eigenvalue weighted by atomic mass is 9.72. The quantitative estimate of drug-likeness (QED) is 0.106. The van der Waals surface area contributed by atoms with E-state index in [2.05, 4.69) is 10.3 Å². The van der Waals surface area contributed by atoms with Crippen LogP contribution in [0.1, 0.15) is 47.5 Å². The van der Waals surface area contributed by atoms with Crippen LogP contribution in [0.15, 0.2) is 131 Å². The molecule has 1 aromatic heterocycles. The van der Waals surface area contributed by atoms with Gasteiger partial charge in [0.25, 0.3) is 0 Å². The summed E-state index contributed by atoms with van der Waals surface area (Å²) in [4.78, 5) is 12.8. The molecule has 60 heavy (non-hydrogen) atoms. The van der Waals surface area contributed by atoms with Crippen molar-refractivity contribution in [1.29, 1.82) is 0 Å². The molecular formula is C46H28F10N4. The Morgan fingerprint density at radius 1 is 0.517 bits per heavy atom. The molecule has 8 bridgehead atoms. The zero-order valence-corrected chi connectivity index (χ0v) is 31.2. The molecule has 5 heterocycles. The van der Waals surface area contributed by atoms with Crippen LogP contribution in [-0.2, 0) is 10.8 Å². The summed E-state index contributed by atoms with van der Waals surface area (Å²) in [6.07, 6.45) is 8.82. The van der Waals surface area contributed by atoms with Crippen molar-refractivity contribution in [3.05, 3.63) is 212 Å². The summed E-state index contributed by atoms with van der Waals surface area (Å²) in [6, 6.07) is 18.3. The van der Waals surface area contributed by atoms with Gasteiger partial charge in [-0.25, -0.2) is 43.9 Å². The van der Waals surface area contributed by atoms with Crippen molar-refractivity contribution < 1.29 is 43.9 Å². The van der Waals surface area contributed by atoms with Crippen molar-refractivity contribution in [2.24, 2.45) is 9.98 Å². The Labute approximate surface area is 335 Å². The molecule has 4 aliphatic rings. The fourth-order valence-electron chi connectivity index (χ4n) is 8.46. The molecule has 4 atom stereocenters. The number of halogens is 10. The van der Waals surface area contributed by atoms with E-state index in [9.17, 15) is 8.78 Å². The largest absolute Gasteiger partial charge is 0.377 e. The number of aliphatic imine (C=N–C) groups is 2. The van der Waals surface area contributed by atoms with Crippen LogP contribution in [0, 0.1) is 58.2 Å². The van der Waals surface area contributed by atoms with E-state index in [4.69, 9.17) is 9.98 Å². The minimum Gasteiger partial charge on any atom is -0.377 e. The summed E-state index contributed by atoms with van der Waals surface area (Å²) < 4.78 is 153. The normalized spacial score (nSPS) is 25.5. The fourth-order valence-corrected chi connectivity index (χ4v) is 8.46. The van der Waals surface area contributed by atoms with Crippen molar-refractivity contribution in [2.75, 3.05) is 0 Å². The average molecular weight is 827 g/mol. The van der Waals surface area contributed by atoms with E-state index < -0.39 is 103 Å². The highest BCUT2D eigenvalue weighted by atomic mass is 19.2. The maximum Gasteiger partial charge on any atom is 0.200 e. The van der Waals surface area contributed by atoms with E-state index in [1.165, 1.54) is 30.4 Å². The Kier molecular flexibility index (Phi) is 9.03. The van der Waals surface area contributed by atoms with Crippen LogP contribution >= 0.6 is 0 Å². The maximum absolute atomic E-state index is 15.9. The number of aromatic nitrogens is 1. The predicted octanol–water partition coefficient (Wildman–Crippen LogP) is 10.8. The molecule has 5 aromatic rings. The van der Waals surface area contributed by atoms with Gasteiger partial charge in [-0.2, -0.15) is 0 Å². The third-order valence-electron chi connectivity index (χ3n) is 11.8. The predicted molar refractivity (Wildman–Crippen MR) is 206 cm³/mol. The standard InChI is InChI=1S/C46H28F10N4/c1-45(21-9-5-3-6-10-21)27-17-13-23(57-27)31(33-35(47)39(51)43(55)40(52)36(33)48)25-15-19-29(59-25)46(2,22-11-7-4-8-12-22)30-20-16-26(60-30)32(24-14-18-28(45)58-24)34-37(49)41(53)44(56)42(54)38(34)50/h3-20,27,29,57-58H,1-2H3/b31-23+,32-26+/t27?,29?,45-,46+/m0/s1. The molecule has 0 radical (unpaired) electrons. The van der Waals surface area contributed by atoms with Gasteiger partial charge in [0, 0.05) is 28.2 Å². The number of nitrogens with one attached hydrogen (secondary N) is 2. The summed E-state index contributed by atoms with van der Waals surface area (Å²) in [5.74, 6) is -21.6. The minimum absolute atomic E-state index is 0.0583. The number of fused-ring (bicyclic) bond motifs is 6. The molecule has 0 spiro atoms. The van der Waals surface area contributed by atoms with Gasteiger partial charge in [-0.05, 0) is 61.4 Å². The van der Waals surface area contributed by atoms with Gasteiger partial charge >= 0.3 is 0 Å². The SMILES string of the molecule is C[C@@]1(c2ccccc2)c2ccc([nH]2)/C(c2c(F)c(F)c(F)c(F)c2F)=C2/C=CC(=N2)[C@](C)(c2ccccc2)C2C=CC(=N2)/C(c2c(F)c(F)c(F)c(F)c2F)=C2/C=CC1N2. The fraction of sp³-hybridized carbons (Fsp3) is 0.130. The molecule has 0 aliphatic carbocycles. The topological polar surface area (TPSA) is 52.5 Å². The number of nitrogens with zero attached hydrogens (tertiary/aromatic N) is 2. The highest BCUT2D eigenvalue weighted by Gasteiger charge is 2.45. The lowest BCUT2D eigenvalue weighted by Gasteiger charge is -2.36. The van der Waals surface area contributed by atoms with Crippen molar-refractivity contribution in [3.8, 4) is 0 Å². The number of allylic oxidation sites excluding steroid dienone is 5. The van der Waals surface area contributed by atoms with E-state index in [-0.39, 0.29) is 28.5 Å². The molecular weight excluding hydrogens is 799 g/mol.